The number of benzene rings is 1. The zero-order chi connectivity index (χ0) is 16.8. The lowest BCUT2D eigenvalue weighted by Gasteiger charge is -2.32. The van der Waals surface area contributed by atoms with Gasteiger partial charge in [0.05, 0.1) is 30.5 Å². The zero-order valence-electron chi connectivity index (χ0n) is 13.8. The Bertz CT molecular complexity index is 615. The Morgan fingerprint density at radius 3 is 2.30 bits per heavy atom. The van der Waals surface area contributed by atoms with Crippen molar-refractivity contribution in [3.05, 3.63) is 29.6 Å². The quantitative estimate of drug-likeness (QED) is 0.852. The molecule has 0 atom stereocenters. The maximum atomic E-state index is 13.9. The molecule has 23 heavy (non-hydrogen) atoms. The van der Waals surface area contributed by atoms with Crippen LogP contribution in [0.5, 0.6) is 0 Å². The Labute approximate surface area is 135 Å². The maximum absolute atomic E-state index is 13.9. The van der Waals surface area contributed by atoms with Gasteiger partial charge in [0.15, 0.2) is 0 Å². The monoisotopic (exact) mass is 321 g/mol. The second-order valence-electron chi connectivity index (χ2n) is 7.07. The lowest BCUT2D eigenvalue weighted by molar-refractivity contribution is -0.00346. The molecule has 2 aliphatic heterocycles. The molecule has 0 aromatic heterocycles. The highest BCUT2D eigenvalue weighted by molar-refractivity contribution is 6.62. The van der Waals surface area contributed by atoms with Crippen molar-refractivity contribution in [1.82, 2.24) is 5.32 Å². The standard InChI is InChI=1S/C16H21BFNO4/c1-15(2)16(3,4)23-17(22-15)11-5-10(6-12(18)7-11)14(20)19-13-8-21-9-13/h5-7,13H,8-9H2,1-4H3,(H,19,20). The summed E-state index contributed by atoms with van der Waals surface area (Å²) in [6.07, 6.45) is 0. The average molecular weight is 321 g/mol. The smallest absolute Gasteiger partial charge is 0.399 e. The molecule has 0 aliphatic carbocycles. The van der Waals surface area contributed by atoms with Gasteiger partial charge in [0, 0.05) is 5.56 Å². The molecule has 0 spiro atoms. The Morgan fingerprint density at radius 1 is 1.17 bits per heavy atom. The van der Waals surface area contributed by atoms with Crippen LogP contribution in [0.4, 0.5) is 4.39 Å². The molecule has 1 amide bonds. The van der Waals surface area contributed by atoms with Crippen molar-refractivity contribution in [1.29, 1.82) is 0 Å². The third-order valence-electron chi connectivity index (χ3n) is 4.68. The molecule has 2 fully saturated rings. The predicted molar refractivity (Wildman–Crippen MR) is 84.2 cm³/mol. The largest absolute Gasteiger partial charge is 0.494 e. The summed E-state index contributed by atoms with van der Waals surface area (Å²) in [5.41, 5.74) is -0.286. The van der Waals surface area contributed by atoms with Crippen LogP contribution in [0.2, 0.25) is 0 Å². The number of nitrogens with one attached hydrogen (secondary N) is 1. The summed E-state index contributed by atoms with van der Waals surface area (Å²) in [7, 11) is -0.700. The van der Waals surface area contributed by atoms with Crippen molar-refractivity contribution in [3.63, 3.8) is 0 Å². The van der Waals surface area contributed by atoms with Crippen LogP contribution in [0.3, 0.4) is 0 Å². The first kappa shape index (κ1) is 16.4. The van der Waals surface area contributed by atoms with E-state index in [9.17, 15) is 9.18 Å². The zero-order valence-corrected chi connectivity index (χ0v) is 13.8. The van der Waals surface area contributed by atoms with Gasteiger partial charge in [-0.15, -0.1) is 0 Å². The molecular weight excluding hydrogens is 300 g/mol. The highest BCUT2D eigenvalue weighted by Gasteiger charge is 2.51. The van der Waals surface area contributed by atoms with E-state index in [-0.39, 0.29) is 17.5 Å². The summed E-state index contributed by atoms with van der Waals surface area (Å²) in [4.78, 5) is 12.2. The van der Waals surface area contributed by atoms with Gasteiger partial charge in [-0.3, -0.25) is 4.79 Å². The van der Waals surface area contributed by atoms with Crippen molar-refractivity contribution in [2.24, 2.45) is 0 Å². The van der Waals surface area contributed by atoms with Crippen LogP contribution in [0.15, 0.2) is 18.2 Å². The van der Waals surface area contributed by atoms with Crippen molar-refractivity contribution in [3.8, 4) is 0 Å². The molecule has 3 rings (SSSR count). The third kappa shape index (κ3) is 3.13. The number of hydrogen-bond acceptors (Lipinski definition) is 4. The molecule has 0 saturated carbocycles. The number of ether oxygens (including phenoxy) is 1. The predicted octanol–water partition coefficient (Wildman–Crippen LogP) is 1.25. The van der Waals surface area contributed by atoms with Gasteiger partial charge in [0.1, 0.15) is 5.82 Å². The number of carbonyl (C=O) groups excluding carboxylic acids is 1. The lowest BCUT2D eigenvalue weighted by atomic mass is 9.78. The average Bonchev–Trinajstić information content (AvgIpc) is 2.62. The second kappa shape index (κ2) is 5.58. The Hall–Kier alpha value is -1.44. The molecule has 2 aliphatic rings. The molecule has 0 bridgehead atoms. The van der Waals surface area contributed by atoms with Gasteiger partial charge in [-0.1, -0.05) is 0 Å². The summed E-state index contributed by atoms with van der Waals surface area (Å²) in [5, 5.41) is 2.80. The van der Waals surface area contributed by atoms with Crippen LogP contribution in [-0.4, -0.2) is 43.5 Å². The van der Waals surface area contributed by atoms with E-state index in [0.717, 1.165) is 0 Å². The molecule has 0 unspecified atom stereocenters. The van der Waals surface area contributed by atoms with Crippen LogP contribution < -0.4 is 10.8 Å². The van der Waals surface area contributed by atoms with Crippen molar-refractivity contribution in [2.75, 3.05) is 13.2 Å². The first-order chi connectivity index (χ1) is 10.7. The highest BCUT2D eigenvalue weighted by atomic mass is 19.1. The van der Waals surface area contributed by atoms with E-state index in [2.05, 4.69) is 5.32 Å². The number of hydrogen-bond donors (Lipinski definition) is 1. The van der Waals surface area contributed by atoms with E-state index >= 15 is 0 Å². The van der Waals surface area contributed by atoms with E-state index in [4.69, 9.17) is 14.0 Å². The molecule has 1 aromatic carbocycles. The summed E-state index contributed by atoms with van der Waals surface area (Å²) < 4.78 is 30.8. The minimum absolute atomic E-state index is 0.00827. The topological polar surface area (TPSA) is 56.8 Å². The van der Waals surface area contributed by atoms with Crippen LogP contribution in [0.25, 0.3) is 0 Å². The fraction of sp³-hybridized carbons (Fsp3) is 0.562. The SMILES string of the molecule is CC1(C)OB(c2cc(F)cc(C(=O)NC3COC3)c2)OC1(C)C. The molecular formula is C16H21BFNO4. The van der Waals surface area contributed by atoms with Crippen molar-refractivity contribution in [2.45, 2.75) is 44.9 Å². The van der Waals surface area contributed by atoms with E-state index in [0.29, 0.717) is 18.7 Å². The van der Waals surface area contributed by atoms with E-state index in [1.54, 1.807) is 6.07 Å². The maximum Gasteiger partial charge on any atom is 0.494 e. The first-order valence-corrected chi connectivity index (χ1v) is 7.73. The van der Waals surface area contributed by atoms with E-state index in [1.165, 1.54) is 12.1 Å². The summed E-state index contributed by atoms with van der Waals surface area (Å²) >= 11 is 0. The van der Waals surface area contributed by atoms with Crippen molar-refractivity contribution < 1.29 is 23.2 Å². The summed E-state index contributed by atoms with van der Waals surface area (Å²) in [5.74, 6) is -0.817. The fourth-order valence-corrected chi connectivity index (χ4v) is 2.45. The van der Waals surface area contributed by atoms with Gasteiger partial charge in [-0.25, -0.2) is 4.39 Å². The molecule has 1 aromatic rings. The van der Waals surface area contributed by atoms with Crippen LogP contribution in [0.1, 0.15) is 38.1 Å². The van der Waals surface area contributed by atoms with Gasteiger partial charge in [0.25, 0.3) is 5.91 Å². The molecule has 0 radical (unpaired) electrons. The lowest BCUT2D eigenvalue weighted by Crippen LogP contribution is -2.48. The summed E-state index contributed by atoms with van der Waals surface area (Å²) in [6, 6.07) is 4.15. The number of halogens is 1. The number of carbonyl (C=O) groups is 1. The van der Waals surface area contributed by atoms with Gasteiger partial charge in [-0.2, -0.15) is 0 Å². The number of rotatable bonds is 3. The van der Waals surface area contributed by atoms with E-state index < -0.39 is 24.1 Å². The van der Waals surface area contributed by atoms with Gasteiger partial charge in [-0.05, 0) is 51.4 Å². The Kier molecular flexibility index (Phi) is 3.98. The van der Waals surface area contributed by atoms with Crippen LogP contribution in [0, 0.1) is 5.82 Å². The first-order valence-electron chi connectivity index (χ1n) is 7.73. The summed E-state index contributed by atoms with van der Waals surface area (Å²) in [6.45, 7) is 8.69. The Morgan fingerprint density at radius 2 is 1.78 bits per heavy atom. The third-order valence-corrected chi connectivity index (χ3v) is 4.68. The minimum atomic E-state index is -0.700. The van der Waals surface area contributed by atoms with Crippen LogP contribution >= 0.6 is 0 Å². The molecule has 1 N–H and O–H groups in total. The second-order valence-corrected chi connectivity index (χ2v) is 7.07. The number of amides is 1. The molecule has 5 nitrogen and oxygen atoms in total. The highest BCUT2D eigenvalue weighted by Crippen LogP contribution is 2.36. The Balaban J connectivity index is 1.82. The van der Waals surface area contributed by atoms with Gasteiger partial charge in [0.2, 0.25) is 0 Å². The molecule has 2 saturated heterocycles. The molecule has 7 heteroatoms. The minimum Gasteiger partial charge on any atom is -0.399 e. The molecule has 124 valence electrons. The van der Waals surface area contributed by atoms with Gasteiger partial charge >= 0.3 is 7.12 Å². The van der Waals surface area contributed by atoms with Crippen LogP contribution in [-0.2, 0) is 14.0 Å². The molecule has 2 heterocycles. The van der Waals surface area contributed by atoms with E-state index in [1.807, 2.05) is 27.7 Å². The normalized spacial score (nSPS) is 22.7. The van der Waals surface area contributed by atoms with Gasteiger partial charge < -0.3 is 19.4 Å². The fourth-order valence-electron chi connectivity index (χ4n) is 2.45. The van der Waals surface area contributed by atoms with Crippen molar-refractivity contribution >= 4 is 18.5 Å².